The first-order chi connectivity index (χ1) is 12.3. The highest BCUT2D eigenvalue weighted by molar-refractivity contribution is 7.89. The van der Waals surface area contributed by atoms with E-state index >= 15 is 0 Å². The number of sulfonamides is 1. The summed E-state index contributed by atoms with van der Waals surface area (Å²) in [6.07, 6.45) is 1.16. The lowest BCUT2D eigenvalue weighted by atomic mass is 10.1. The summed E-state index contributed by atoms with van der Waals surface area (Å²) in [5.74, 6) is -0.0917. The van der Waals surface area contributed by atoms with Crippen molar-refractivity contribution in [2.75, 3.05) is 13.1 Å². The molecule has 1 saturated heterocycles. The summed E-state index contributed by atoms with van der Waals surface area (Å²) in [6, 6.07) is 8.66. The van der Waals surface area contributed by atoms with Gasteiger partial charge in [0.15, 0.2) is 0 Å². The number of benzene rings is 1. The third kappa shape index (κ3) is 4.11. The maximum Gasteiger partial charge on any atom is 0.261 e. The molecular weight excluding hydrogens is 392 g/mol. The van der Waals surface area contributed by atoms with Gasteiger partial charge in [-0.05, 0) is 56.5 Å². The van der Waals surface area contributed by atoms with Crippen molar-refractivity contribution >= 4 is 38.9 Å². The van der Waals surface area contributed by atoms with Crippen molar-refractivity contribution in [3.63, 3.8) is 0 Å². The molecule has 0 unspecified atom stereocenters. The van der Waals surface area contributed by atoms with E-state index in [9.17, 15) is 13.2 Å². The molecule has 26 heavy (non-hydrogen) atoms. The Bertz CT molecular complexity index is 916. The lowest BCUT2D eigenvalue weighted by Crippen LogP contribution is -2.46. The van der Waals surface area contributed by atoms with Gasteiger partial charge >= 0.3 is 0 Å². The third-order valence-corrected chi connectivity index (χ3v) is 7.84. The van der Waals surface area contributed by atoms with Crippen molar-refractivity contribution in [3.8, 4) is 0 Å². The van der Waals surface area contributed by atoms with E-state index in [1.807, 2.05) is 26.0 Å². The van der Waals surface area contributed by atoms with E-state index in [4.69, 9.17) is 11.6 Å². The van der Waals surface area contributed by atoms with Gasteiger partial charge in [0.1, 0.15) is 4.90 Å². The quantitative estimate of drug-likeness (QED) is 0.834. The lowest BCUT2D eigenvalue weighted by Gasteiger charge is -2.31. The Kier molecular flexibility index (Phi) is 5.72. The zero-order valence-corrected chi connectivity index (χ0v) is 17.0. The van der Waals surface area contributed by atoms with Gasteiger partial charge in [0.2, 0.25) is 10.0 Å². The van der Waals surface area contributed by atoms with Gasteiger partial charge in [-0.25, -0.2) is 8.42 Å². The third-order valence-electron chi connectivity index (χ3n) is 4.46. The van der Waals surface area contributed by atoms with Crippen molar-refractivity contribution in [3.05, 3.63) is 50.7 Å². The molecule has 0 radical (unpaired) electrons. The Hall–Kier alpha value is -1.41. The van der Waals surface area contributed by atoms with Gasteiger partial charge in [0, 0.05) is 24.0 Å². The fourth-order valence-corrected chi connectivity index (χ4v) is 5.82. The second-order valence-corrected chi connectivity index (χ2v) is 10.1. The predicted octanol–water partition coefficient (Wildman–Crippen LogP) is 3.60. The van der Waals surface area contributed by atoms with Crippen LogP contribution in [0.15, 0.2) is 35.2 Å². The molecule has 1 aliphatic heterocycles. The summed E-state index contributed by atoms with van der Waals surface area (Å²) in [7, 11) is -3.62. The fourth-order valence-electron chi connectivity index (χ4n) is 3.01. The number of piperidine rings is 1. The monoisotopic (exact) mass is 412 g/mol. The van der Waals surface area contributed by atoms with Crippen molar-refractivity contribution in [1.82, 2.24) is 9.62 Å². The van der Waals surface area contributed by atoms with E-state index in [-0.39, 0.29) is 21.9 Å². The summed E-state index contributed by atoms with van der Waals surface area (Å²) in [5.41, 5.74) is 0.916. The van der Waals surface area contributed by atoms with E-state index in [0.717, 1.165) is 10.4 Å². The minimum absolute atomic E-state index is 0.0233. The molecule has 1 amide bonds. The number of halogens is 1. The van der Waals surface area contributed by atoms with Crippen molar-refractivity contribution in [2.24, 2.45) is 0 Å². The molecule has 0 atom stereocenters. The average molecular weight is 413 g/mol. The van der Waals surface area contributed by atoms with Gasteiger partial charge < -0.3 is 5.32 Å². The highest BCUT2D eigenvalue weighted by Crippen LogP contribution is 2.27. The van der Waals surface area contributed by atoms with Crippen LogP contribution in [0.3, 0.4) is 0 Å². The first kappa shape index (κ1) is 19.4. The maximum absolute atomic E-state index is 12.8. The Labute approximate surface area is 163 Å². The summed E-state index contributed by atoms with van der Waals surface area (Å²) in [6.45, 7) is 4.55. The Morgan fingerprint density at radius 1 is 1.19 bits per heavy atom. The number of hydrogen-bond acceptors (Lipinski definition) is 4. The normalized spacial score (nSPS) is 16.6. The summed E-state index contributed by atoms with van der Waals surface area (Å²) < 4.78 is 27.1. The van der Waals surface area contributed by atoms with Crippen molar-refractivity contribution < 1.29 is 13.2 Å². The number of aryl methyl sites for hydroxylation is 2. The molecule has 5 nitrogen and oxygen atoms in total. The van der Waals surface area contributed by atoms with Crippen LogP contribution in [0.25, 0.3) is 0 Å². The Morgan fingerprint density at radius 3 is 2.46 bits per heavy atom. The number of nitrogens with zero attached hydrogens (tertiary/aromatic N) is 1. The van der Waals surface area contributed by atoms with Crippen LogP contribution in [0.2, 0.25) is 5.02 Å². The minimum atomic E-state index is -3.62. The van der Waals surface area contributed by atoms with Crippen LogP contribution in [0.1, 0.15) is 33.0 Å². The topological polar surface area (TPSA) is 66.5 Å². The standard InChI is InChI=1S/C18H21ClN2O3S2/c1-12-3-6-17(15(19)11-12)26(23,24)21-9-7-14(8-10-21)20-18(22)16-5-4-13(2)25-16/h3-6,11,14H,7-10H2,1-2H3,(H,20,22). The molecule has 0 saturated carbocycles. The molecule has 0 aliphatic carbocycles. The molecule has 3 rings (SSSR count). The molecule has 0 spiro atoms. The lowest BCUT2D eigenvalue weighted by molar-refractivity contribution is 0.0928. The summed E-state index contributed by atoms with van der Waals surface area (Å²) in [4.78, 5) is 14.2. The van der Waals surface area contributed by atoms with Crippen molar-refractivity contribution in [1.29, 1.82) is 0 Å². The zero-order valence-electron chi connectivity index (χ0n) is 14.7. The number of hydrogen-bond donors (Lipinski definition) is 1. The molecule has 1 N–H and O–H groups in total. The van der Waals surface area contributed by atoms with Gasteiger partial charge in [-0.2, -0.15) is 4.31 Å². The Morgan fingerprint density at radius 2 is 1.88 bits per heavy atom. The Balaban J connectivity index is 1.63. The van der Waals surface area contributed by atoms with Crippen LogP contribution >= 0.6 is 22.9 Å². The molecule has 140 valence electrons. The minimum Gasteiger partial charge on any atom is -0.349 e. The zero-order chi connectivity index (χ0) is 18.9. The molecule has 1 aliphatic rings. The summed E-state index contributed by atoms with van der Waals surface area (Å²) in [5, 5.41) is 3.25. The SMILES string of the molecule is Cc1ccc(S(=O)(=O)N2CCC(NC(=O)c3ccc(C)s3)CC2)c(Cl)c1. The smallest absolute Gasteiger partial charge is 0.261 e. The largest absolute Gasteiger partial charge is 0.349 e. The first-order valence-electron chi connectivity index (χ1n) is 8.41. The van der Waals surface area contributed by atoms with E-state index in [1.54, 1.807) is 18.2 Å². The maximum atomic E-state index is 12.8. The van der Waals surface area contributed by atoms with Crippen molar-refractivity contribution in [2.45, 2.75) is 37.6 Å². The van der Waals surface area contributed by atoms with Gasteiger partial charge in [-0.15, -0.1) is 11.3 Å². The average Bonchev–Trinajstić information content (AvgIpc) is 3.01. The van der Waals surface area contributed by atoms with E-state index < -0.39 is 10.0 Å². The van der Waals surface area contributed by atoms with E-state index in [1.165, 1.54) is 15.6 Å². The number of carbonyl (C=O) groups excluding carboxylic acids is 1. The second kappa shape index (κ2) is 7.68. The number of amides is 1. The predicted molar refractivity (Wildman–Crippen MR) is 104 cm³/mol. The van der Waals surface area contributed by atoms with Crippen LogP contribution in [0.4, 0.5) is 0 Å². The van der Waals surface area contributed by atoms with Gasteiger partial charge in [-0.3, -0.25) is 4.79 Å². The summed E-state index contributed by atoms with van der Waals surface area (Å²) >= 11 is 7.60. The molecule has 1 aromatic heterocycles. The first-order valence-corrected chi connectivity index (χ1v) is 11.0. The van der Waals surface area contributed by atoms with Crippen LogP contribution in [-0.4, -0.2) is 37.8 Å². The molecule has 1 fully saturated rings. The highest BCUT2D eigenvalue weighted by atomic mass is 35.5. The van der Waals surface area contributed by atoms with Crippen LogP contribution in [0, 0.1) is 13.8 Å². The number of carbonyl (C=O) groups is 1. The van der Waals surface area contributed by atoms with Crippen LogP contribution in [-0.2, 0) is 10.0 Å². The van der Waals surface area contributed by atoms with Crippen LogP contribution < -0.4 is 5.32 Å². The molecular formula is C18H21ClN2O3S2. The fraction of sp³-hybridized carbons (Fsp3) is 0.389. The van der Waals surface area contributed by atoms with Gasteiger partial charge in [0.25, 0.3) is 5.91 Å². The molecule has 2 heterocycles. The van der Waals surface area contributed by atoms with Gasteiger partial charge in [0.05, 0.1) is 9.90 Å². The number of rotatable bonds is 4. The molecule has 0 bridgehead atoms. The molecule has 1 aromatic carbocycles. The number of nitrogens with one attached hydrogen (secondary N) is 1. The van der Waals surface area contributed by atoms with Gasteiger partial charge in [-0.1, -0.05) is 17.7 Å². The van der Waals surface area contributed by atoms with E-state index in [0.29, 0.717) is 30.8 Å². The second-order valence-electron chi connectivity index (χ2n) is 6.50. The number of thiophene rings is 1. The highest BCUT2D eigenvalue weighted by Gasteiger charge is 2.31. The van der Waals surface area contributed by atoms with E-state index in [2.05, 4.69) is 5.32 Å². The van der Waals surface area contributed by atoms with Crippen LogP contribution in [0.5, 0.6) is 0 Å². The molecule has 8 heteroatoms. The molecule has 2 aromatic rings.